The minimum absolute atomic E-state index is 0.549. The van der Waals surface area contributed by atoms with Crippen LogP contribution in [0.1, 0.15) is 45.1 Å². The molecule has 100 valence electrons. The lowest BCUT2D eigenvalue weighted by molar-refractivity contribution is 0.375. The highest BCUT2D eigenvalue weighted by Crippen LogP contribution is 2.22. The lowest BCUT2D eigenvalue weighted by Gasteiger charge is -2.21. The van der Waals surface area contributed by atoms with Crippen LogP contribution in [0.25, 0.3) is 0 Å². The van der Waals surface area contributed by atoms with Gasteiger partial charge >= 0.3 is 0 Å². The summed E-state index contributed by atoms with van der Waals surface area (Å²) in [5, 5.41) is 0.831. The van der Waals surface area contributed by atoms with Gasteiger partial charge in [-0.05, 0) is 49.6 Å². The van der Waals surface area contributed by atoms with Crippen molar-refractivity contribution in [2.24, 2.45) is 0 Å². The van der Waals surface area contributed by atoms with Crippen molar-refractivity contribution in [3.63, 3.8) is 0 Å². The topological polar surface area (TPSA) is 3.24 Å². The third-order valence-corrected chi connectivity index (χ3v) is 3.46. The van der Waals surface area contributed by atoms with Crippen LogP contribution < -0.4 is 0 Å². The van der Waals surface area contributed by atoms with Gasteiger partial charge in [0.1, 0.15) is 0 Å². The molecule has 0 aliphatic heterocycles. The highest BCUT2D eigenvalue weighted by Gasteiger charge is 2.07. The van der Waals surface area contributed by atoms with Crippen molar-refractivity contribution < 1.29 is 0 Å². The molecule has 1 nitrogen and oxygen atoms in total. The number of hydrogen-bond acceptors (Lipinski definition) is 1. The molecule has 18 heavy (non-hydrogen) atoms. The van der Waals surface area contributed by atoms with Crippen LogP contribution in [0.3, 0.4) is 0 Å². The first-order chi connectivity index (χ1) is 8.67. The van der Waals surface area contributed by atoms with Crippen LogP contribution in [0.4, 0.5) is 0 Å². The van der Waals surface area contributed by atoms with Gasteiger partial charge in [0.15, 0.2) is 0 Å². The quantitative estimate of drug-likeness (QED) is 0.665. The number of allylic oxidation sites excluding steroid dienone is 1. The minimum atomic E-state index is 0.549. The summed E-state index contributed by atoms with van der Waals surface area (Å²) >= 11 is 6.03. The summed E-state index contributed by atoms with van der Waals surface area (Å²) in [6.07, 6.45) is 6.68. The molecule has 1 aromatic rings. The molecular formula is C16H24ClN. The molecule has 0 bridgehead atoms. The smallest absolute Gasteiger partial charge is 0.0408 e. The summed E-state index contributed by atoms with van der Waals surface area (Å²) in [5.74, 6) is 0.549. The van der Waals surface area contributed by atoms with Crippen LogP contribution in [0.5, 0.6) is 0 Å². The largest absolute Gasteiger partial charge is 0.378 e. The number of benzene rings is 1. The first kappa shape index (κ1) is 15.1. The van der Waals surface area contributed by atoms with Crippen molar-refractivity contribution in [3.05, 3.63) is 47.1 Å². The summed E-state index contributed by atoms with van der Waals surface area (Å²) in [6, 6.07) is 8.20. The Hall–Kier alpha value is -0.950. The lowest BCUT2D eigenvalue weighted by atomic mass is 9.98. The zero-order valence-electron chi connectivity index (χ0n) is 11.7. The van der Waals surface area contributed by atoms with Gasteiger partial charge in [0.25, 0.3) is 0 Å². The maximum Gasteiger partial charge on any atom is 0.0408 e. The van der Waals surface area contributed by atoms with Gasteiger partial charge in [-0.15, -0.1) is 0 Å². The Balaban J connectivity index is 2.49. The van der Waals surface area contributed by atoms with E-state index < -0.39 is 0 Å². The van der Waals surface area contributed by atoms with Gasteiger partial charge in [-0.3, -0.25) is 0 Å². The zero-order chi connectivity index (χ0) is 13.4. The first-order valence-corrected chi connectivity index (χ1v) is 7.21. The van der Waals surface area contributed by atoms with E-state index in [9.17, 15) is 0 Å². The predicted molar refractivity (Wildman–Crippen MR) is 81.2 cm³/mol. The van der Waals surface area contributed by atoms with Crippen molar-refractivity contribution in [3.8, 4) is 0 Å². The van der Waals surface area contributed by atoms with Gasteiger partial charge in [0.05, 0.1) is 0 Å². The molecule has 0 heterocycles. The van der Waals surface area contributed by atoms with Crippen LogP contribution in [0.2, 0.25) is 5.02 Å². The molecule has 1 atom stereocenters. The van der Waals surface area contributed by atoms with E-state index in [2.05, 4.69) is 50.1 Å². The van der Waals surface area contributed by atoms with Crippen LogP contribution in [-0.4, -0.2) is 18.0 Å². The molecule has 0 saturated carbocycles. The average Bonchev–Trinajstić information content (AvgIpc) is 2.38. The molecule has 0 spiro atoms. The van der Waals surface area contributed by atoms with E-state index in [4.69, 9.17) is 11.6 Å². The Morgan fingerprint density at radius 2 is 2.11 bits per heavy atom. The second-order valence-corrected chi connectivity index (χ2v) is 5.10. The Bertz CT molecular complexity index is 373. The second-order valence-electron chi connectivity index (χ2n) is 4.67. The Kier molecular flexibility index (Phi) is 6.89. The zero-order valence-corrected chi connectivity index (χ0v) is 12.5. The monoisotopic (exact) mass is 265 g/mol. The molecular weight excluding hydrogens is 242 g/mol. The first-order valence-electron chi connectivity index (χ1n) is 6.83. The van der Waals surface area contributed by atoms with Gasteiger partial charge in [0.2, 0.25) is 0 Å². The van der Waals surface area contributed by atoms with E-state index in [1.165, 1.54) is 5.56 Å². The van der Waals surface area contributed by atoms with E-state index in [0.717, 1.165) is 31.0 Å². The van der Waals surface area contributed by atoms with Crippen molar-refractivity contribution in [1.82, 2.24) is 4.90 Å². The molecule has 1 unspecified atom stereocenters. The maximum atomic E-state index is 6.03. The highest BCUT2D eigenvalue weighted by atomic mass is 35.5. The fraction of sp³-hybridized carbons (Fsp3) is 0.500. The molecule has 2 heteroatoms. The highest BCUT2D eigenvalue weighted by molar-refractivity contribution is 6.30. The van der Waals surface area contributed by atoms with Gasteiger partial charge in [-0.25, -0.2) is 0 Å². The second kappa shape index (κ2) is 8.20. The summed E-state index contributed by atoms with van der Waals surface area (Å²) in [5.41, 5.74) is 1.33. The average molecular weight is 266 g/mol. The predicted octanol–water partition coefficient (Wildman–Crippen LogP) is 5.08. The normalized spacial score (nSPS) is 12.9. The number of nitrogens with zero attached hydrogens (tertiary/aromatic N) is 1. The van der Waals surface area contributed by atoms with E-state index in [1.807, 2.05) is 12.1 Å². The van der Waals surface area contributed by atoms with Crippen LogP contribution in [0, 0.1) is 0 Å². The molecule has 0 aliphatic rings. The van der Waals surface area contributed by atoms with E-state index >= 15 is 0 Å². The molecule has 1 aromatic carbocycles. The van der Waals surface area contributed by atoms with Gasteiger partial charge in [-0.1, -0.05) is 43.7 Å². The van der Waals surface area contributed by atoms with Crippen LogP contribution in [-0.2, 0) is 0 Å². The summed E-state index contributed by atoms with van der Waals surface area (Å²) < 4.78 is 0. The van der Waals surface area contributed by atoms with Crippen molar-refractivity contribution in [2.45, 2.75) is 39.5 Å². The minimum Gasteiger partial charge on any atom is -0.378 e. The molecule has 0 amide bonds. The Morgan fingerprint density at radius 1 is 1.33 bits per heavy atom. The maximum absolute atomic E-state index is 6.03. The van der Waals surface area contributed by atoms with Crippen molar-refractivity contribution in [1.29, 1.82) is 0 Å². The number of hydrogen-bond donors (Lipinski definition) is 0. The van der Waals surface area contributed by atoms with E-state index in [0.29, 0.717) is 5.92 Å². The van der Waals surface area contributed by atoms with Crippen LogP contribution >= 0.6 is 11.6 Å². The number of rotatable bonds is 7. The Labute approximate surface area is 116 Å². The third kappa shape index (κ3) is 5.14. The molecule has 0 aromatic heterocycles. The van der Waals surface area contributed by atoms with Crippen molar-refractivity contribution in [2.75, 3.05) is 13.1 Å². The number of halogens is 1. The fourth-order valence-corrected chi connectivity index (χ4v) is 2.13. The summed E-state index contributed by atoms with van der Waals surface area (Å²) in [6.45, 7) is 8.80. The molecule has 0 aliphatic carbocycles. The Morgan fingerprint density at radius 3 is 2.72 bits per heavy atom. The van der Waals surface area contributed by atoms with Crippen molar-refractivity contribution >= 4 is 11.6 Å². The SMILES string of the molecule is CCC=CN(CC)CCC(C)c1cccc(Cl)c1. The van der Waals surface area contributed by atoms with E-state index in [-0.39, 0.29) is 0 Å². The molecule has 0 N–H and O–H groups in total. The van der Waals surface area contributed by atoms with E-state index in [1.54, 1.807) is 0 Å². The molecule has 0 saturated heterocycles. The summed E-state index contributed by atoms with van der Waals surface area (Å²) in [4.78, 5) is 2.37. The lowest BCUT2D eigenvalue weighted by Crippen LogP contribution is -2.19. The molecule has 0 radical (unpaired) electrons. The standard InChI is InChI=1S/C16H24ClN/c1-4-6-11-18(5-2)12-10-14(3)15-8-7-9-16(17)13-15/h6-9,11,13-14H,4-5,10,12H2,1-3H3. The molecule has 0 fully saturated rings. The molecule has 1 rings (SSSR count). The van der Waals surface area contributed by atoms with Crippen LogP contribution in [0.15, 0.2) is 36.5 Å². The third-order valence-electron chi connectivity index (χ3n) is 3.23. The van der Waals surface area contributed by atoms with Gasteiger partial charge in [-0.2, -0.15) is 0 Å². The summed E-state index contributed by atoms with van der Waals surface area (Å²) in [7, 11) is 0. The fourth-order valence-electron chi connectivity index (χ4n) is 1.93. The van der Waals surface area contributed by atoms with Gasteiger partial charge < -0.3 is 4.90 Å². The van der Waals surface area contributed by atoms with Gasteiger partial charge in [0, 0.05) is 18.1 Å².